The van der Waals surface area contributed by atoms with Gasteiger partial charge in [0, 0.05) is 6.42 Å². The van der Waals surface area contributed by atoms with E-state index in [9.17, 15) is 9.59 Å². The topological polar surface area (TPSA) is 61.4 Å². The summed E-state index contributed by atoms with van der Waals surface area (Å²) in [6.07, 6.45) is 2.44. The Labute approximate surface area is 131 Å². The fourth-order valence-corrected chi connectivity index (χ4v) is 3.72. The van der Waals surface area contributed by atoms with Crippen LogP contribution in [-0.2, 0) is 11.2 Å². The third-order valence-corrected chi connectivity index (χ3v) is 5.03. The quantitative estimate of drug-likeness (QED) is 0.829. The van der Waals surface area contributed by atoms with E-state index in [1.54, 1.807) is 0 Å². The van der Waals surface area contributed by atoms with E-state index in [-0.39, 0.29) is 17.9 Å². The molecule has 2 aliphatic rings. The van der Waals surface area contributed by atoms with Gasteiger partial charge in [-0.15, -0.1) is 0 Å². The molecule has 0 radical (unpaired) electrons. The minimum atomic E-state index is -0.793. The average Bonchev–Trinajstić information content (AvgIpc) is 2.83. The van der Waals surface area contributed by atoms with E-state index in [0.717, 1.165) is 38.0 Å². The van der Waals surface area contributed by atoms with Crippen molar-refractivity contribution in [2.45, 2.75) is 31.7 Å². The first-order chi connectivity index (χ1) is 10.6. The lowest BCUT2D eigenvalue weighted by Gasteiger charge is -2.40. The first-order valence-electron chi connectivity index (χ1n) is 8.04. The summed E-state index contributed by atoms with van der Waals surface area (Å²) in [5, 5.41) is 5.40. The lowest BCUT2D eigenvalue weighted by Crippen LogP contribution is -2.57. The molecule has 2 N–H and O–H groups in total. The zero-order valence-electron chi connectivity index (χ0n) is 13.0. The molecule has 3 amide bonds. The third kappa shape index (κ3) is 2.73. The Hall–Kier alpha value is -1.88. The fourth-order valence-electron chi connectivity index (χ4n) is 3.72. The molecule has 0 aromatic heterocycles. The first kappa shape index (κ1) is 15.0. The van der Waals surface area contributed by atoms with Gasteiger partial charge in [0.2, 0.25) is 0 Å². The summed E-state index contributed by atoms with van der Waals surface area (Å²) in [6.45, 7) is 5.17. The molecule has 2 heterocycles. The van der Waals surface area contributed by atoms with E-state index >= 15 is 0 Å². The smallest absolute Gasteiger partial charge is 0.322 e. The molecule has 1 aromatic carbocycles. The molecule has 0 spiro atoms. The van der Waals surface area contributed by atoms with Crippen LogP contribution in [-0.4, -0.2) is 42.0 Å². The maximum absolute atomic E-state index is 12.6. The molecule has 0 saturated carbocycles. The second-order valence-corrected chi connectivity index (χ2v) is 6.25. The number of urea groups is 1. The lowest BCUT2D eigenvalue weighted by atomic mass is 9.74. The van der Waals surface area contributed by atoms with Crippen LogP contribution in [0.25, 0.3) is 0 Å². The SMILES string of the molecule is CCN1CCC(C2(Cc3ccccc3)NC(=O)NC2=O)CC1. The van der Waals surface area contributed by atoms with Gasteiger partial charge in [-0.25, -0.2) is 4.79 Å². The van der Waals surface area contributed by atoms with Crippen molar-refractivity contribution in [3.8, 4) is 0 Å². The summed E-state index contributed by atoms with van der Waals surface area (Å²) in [4.78, 5) is 26.7. The molecule has 1 atom stereocenters. The predicted molar refractivity (Wildman–Crippen MR) is 84.4 cm³/mol. The van der Waals surface area contributed by atoms with Gasteiger partial charge in [0.15, 0.2) is 0 Å². The highest BCUT2D eigenvalue weighted by molar-refractivity contribution is 6.07. The van der Waals surface area contributed by atoms with Crippen LogP contribution in [0.1, 0.15) is 25.3 Å². The predicted octanol–water partition coefficient (Wildman–Crippen LogP) is 1.54. The number of carbonyl (C=O) groups is 2. The number of imide groups is 1. The van der Waals surface area contributed by atoms with Crippen molar-refractivity contribution in [2.75, 3.05) is 19.6 Å². The van der Waals surface area contributed by atoms with Crippen LogP contribution in [0.5, 0.6) is 0 Å². The van der Waals surface area contributed by atoms with Crippen LogP contribution in [0.3, 0.4) is 0 Å². The van der Waals surface area contributed by atoms with Gasteiger partial charge < -0.3 is 10.2 Å². The molecule has 5 heteroatoms. The van der Waals surface area contributed by atoms with E-state index in [1.807, 2.05) is 30.3 Å². The second-order valence-electron chi connectivity index (χ2n) is 6.25. The van der Waals surface area contributed by atoms with Crippen LogP contribution >= 0.6 is 0 Å². The van der Waals surface area contributed by atoms with Gasteiger partial charge >= 0.3 is 6.03 Å². The Kier molecular flexibility index (Phi) is 4.16. The summed E-state index contributed by atoms with van der Waals surface area (Å²) >= 11 is 0. The van der Waals surface area contributed by atoms with Crippen molar-refractivity contribution < 1.29 is 9.59 Å². The zero-order chi connectivity index (χ0) is 15.6. The van der Waals surface area contributed by atoms with Gasteiger partial charge in [-0.3, -0.25) is 10.1 Å². The standard InChI is InChI=1S/C17H23N3O2/c1-2-20-10-8-14(9-11-20)17(15(21)18-16(22)19-17)12-13-6-4-3-5-7-13/h3-7,14H,2,8-12H2,1H3,(H2,18,19,21,22). The number of hydrogen-bond acceptors (Lipinski definition) is 3. The Morgan fingerprint density at radius 1 is 1.18 bits per heavy atom. The number of carbonyl (C=O) groups excluding carboxylic acids is 2. The Bertz CT molecular complexity index is 552. The molecule has 2 saturated heterocycles. The molecule has 5 nitrogen and oxygen atoms in total. The van der Waals surface area contributed by atoms with E-state index in [0.29, 0.717) is 6.42 Å². The summed E-state index contributed by atoms with van der Waals surface area (Å²) in [7, 11) is 0. The van der Waals surface area contributed by atoms with Crippen LogP contribution in [0, 0.1) is 5.92 Å². The highest BCUT2D eigenvalue weighted by atomic mass is 16.2. The molecule has 118 valence electrons. The molecule has 22 heavy (non-hydrogen) atoms. The Morgan fingerprint density at radius 2 is 1.86 bits per heavy atom. The van der Waals surface area contributed by atoms with Crippen molar-refractivity contribution in [3.05, 3.63) is 35.9 Å². The minimum Gasteiger partial charge on any atom is -0.323 e. The summed E-state index contributed by atoms with van der Waals surface area (Å²) < 4.78 is 0. The Morgan fingerprint density at radius 3 is 2.41 bits per heavy atom. The number of benzene rings is 1. The number of piperidine rings is 1. The van der Waals surface area contributed by atoms with Crippen LogP contribution in [0.2, 0.25) is 0 Å². The molecule has 2 aliphatic heterocycles. The van der Waals surface area contributed by atoms with Crippen LogP contribution in [0.15, 0.2) is 30.3 Å². The summed E-state index contributed by atoms with van der Waals surface area (Å²) in [5.74, 6) is 0.0123. The van der Waals surface area contributed by atoms with E-state index in [1.165, 1.54) is 0 Å². The van der Waals surface area contributed by atoms with Gasteiger partial charge in [-0.2, -0.15) is 0 Å². The monoisotopic (exact) mass is 301 g/mol. The first-order valence-corrected chi connectivity index (χ1v) is 8.04. The molecule has 0 aliphatic carbocycles. The summed E-state index contributed by atoms with van der Waals surface area (Å²) in [6, 6.07) is 9.57. The van der Waals surface area contributed by atoms with Gasteiger partial charge in [0.05, 0.1) is 0 Å². The zero-order valence-corrected chi connectivity index (χ0v) is 13.0. The fraction of sp³-hybridized carbons (Fsp3) is 0.529. The van der Waals surface area contributed by atoms with Gasteiger partial charge in [0.25, 0.3) is 5.91 Å². The van der Waals surface area contributed by atoms with Crippen LogP contribution in [0.4, 0.5) is 4.79 Å². The molecular formula is C17H23N3O2. The maximum atomic E-state index is 12.6. The molecular weight excluding hydrogens is 278 g/mol. The van der Waals surface area contributed by atoms with E-state index in [2.05, 4.69) is 22.5 Å². The highest BCUT2D eigenvalue weighted by Gasteiger charge is 2.52. The summed E-state index contributed by atoms with van der Waals surface area (Å²) in [5.41, 5.74) is 0.288. The lowest BCUT2D eigenvalue weighted by molar-refractivity contribution is -0.126. The van der Waals surface area contributed by atoms with Crippen molar-refractivity contribution in [3.63, 3.8) is 0 Å². The van der Waals surface area contributed by atoms with Crippen molar-refractivity contribution in [1.82, 2.24) is 15.5 Å². The molecule has 1 aromatic rings. The van der Waals surface area contributed by atoms with Crippen LogP contribution < -0.4 is 10.6 Å². The van der Waals surface area contributed by atoms with Crippen molar-refractivity contribution >= 4 is 11.9 Å². The Balaban J connectivity index is 1.84. The number of nitrogens with zero attached hydrogens (tertiary/aromatic N) is 1. The molecule has 3 rings (SSSR count). The normalized spacial score (nSPS) is 26.8. The number of likely N-dealkylation sites (tertiary alicyclic amines) is 1. The van der Waals surface area contributed by atoms with Crippen molar-refractivity contribution in [2.24, 2.45) is 5.92 Å². The second kappa shape index (κ2) is 6.08. The van der Waals surface area contributed by atoms with Crippen molar-refractivity contribution in [1.29, 1.82) is 0 Å². The molecule has 0 bridgehead atoms. The number of nitrogens with one attached hydrogen (secondary N) is 2. The molecule has 1 unspecified atom stereocenters. The van der Waals surface area contributed by atoms with E-state index in [4.69, 9.17) is 0 Å². The number of rotatable bonds is 4. The molecule has 2 fully saturated rings. The van der Waals surface area contributed by atoms with Gasteiger partial charge in [-0.05, 0) is 44.0 Å². The number of hydrogen-bond donors (Lipinski definition) is 2. The average molecular weight is 301 g/mol. The maximum Gasteiger partial charge on any atom is 0.322 e. The number of amides is 3. The van der Waals surface area contributed by atoms with Gasteiger partial charge in [0.1, 0.15) is 5.54 Å². The van der Waals surface area contributed by atoms with Gasteiger partial charge in [-0.1, -0.05) is 37.3 Å². The highest BCUT2D eigenvalue weighted by Crippen LogP contribution is 2.33. The largest absolute Gasteiger partial charge is 0.323 e. The van der Waals surface area contributed by atoms with E-state index < -0.39 is 5.54 Å². The minimum absolute atomic E-state index is 0.170. The third-order valence-electron chi connectivity index (χ3n) is 5.03.